The molecule has 0 spiro atoms. The summed E-state index contributed by atoms with van der Waals surface area (Å²) in [7, 11) is 0. The van der Waals surface area contributed by atoms with Gasteiger partial charge in [0.15, 0.2) is 0 Å². The zero-order valence-corrected chi connectivity index (χ0v) is 8.88. The number of nitrogens with one attached hydrogen (secondary N) is 1. The fraction of sp³-hybridized carbons (Fsp3) is 0.300. The van der Waals surface area contributed by atoms with Crippen molar-refractivity contribution in [3.8, 4) is 0 Å². The molecule has 0 radical (unpaired) electrons. The van der Waals surface area contributed by atoms with E-state index in [0.717, 1.165) is 0 Å². The molecule has 0 saturated carbocycles. The number of thioether (sulfide) groups is 1. The molecule has 0 heterocycles. The molecule has 0 aliphatic heterocycles. The molecule has 14 heavy (non-hydrogen) atoms. The number of carbonyl (C=O) groups excluding carboxylic acids is 1. The molecule has 1 atom stereocenters. The highest BCUT2D eigenvalue weighted by Gasteiger charge is 2.08. The Morgan fingerprint density at radius 2 is 2.14 bits per heavy atom. The van der Waals surface area contributed by atoms with Gasteiger partial charge in [-0.25, -0.2) is 5.84 Å². The third-order valence-electron chi connectivity index (χ3n) is 1.71. The van der Waals surface area contributed by atoms with Gasteiger partial charge in [-0.3, -0.25) is 10.2 Å². The van der Waals surface area contributed by atoms with Crippen molar-refractivity contribution in [3.63, 3.8) is 0 Å². The van der Waals surface area contributed by atoms with E-state index in [1.807, 2.05) is 37.3 Å². The average molecular weight is 210 g/mol. The predicted molar refractivity (Wildman–Crippen MR) is 58.7 cm³/mol. The highest BCUT2D eigenvalue weighted by Crippen LogP contribution is 2.24. The fourth-order valence-electron chi connectivity index (χ4n) is 1.09. The van der Waals surface area contributed by atoms with Crippen molar-refractivity contribution in [2.45, 2.75) is 23.5 Å². The Morgan fingerprint density at radius 1 is 1.50 bits per heavy atom. The Hall–Kier alpha value is -1.00. The summed E-state index contributed by atoms with van der Waals surface area (Å²) < 4.78 is 0. The highest BCUT2D eigenvalue weighted by molar-refractivity contribution is 8.00. The molecule has 1 amide bonds. The van der Waals surface area contributed by atoms with Crippen molar-refractivity contribution < 1.29 is 4.79 Å². The first-order chi connectivity index (χ1) is 6.72. The number of hydrogen-bond donors (Lipinski definition) is 2. The van der Waals surface area contributed by atoms with E-state index in [-0.39, 0.29) is 11.2 Å². The van der Waals surface area contributed by atoms with E-state index in [1.54, 1.807) is 11.8 Å². The fourth-order valence-corrected chi connectivity index (χ4v) is 2.11. The molecule has 1 aromatic rings. The van der Waals surface area contributed by atoms with E-state index < -0.39 is 0 Å². The lowest BCUT2D eigenvalue weighted by atomic mass is 10.3. The van der Waals surface area contributed by atoms with Gasteiger partial charge in [-0.2, -0.15) is 0 Å². The van der Waals surface area contributed by atoms with Crippen LogP contribution >= 0.6 is 11.8 Å². The Bertz CT molecular complexity index is 289. The molecule has 3 nitrogen and oxygen atoms in total. The Balaban J connectivity index is 2.41. The Kier molecular flexibility index (Phi) is 4.49. The van der Waals surface area contributed by atoms with E-state index in [0.29, 0.717) is 6.42 Å². The minimum Gasteiger partial charge on any atom is -0.294 e. The zero-order chi connectivity index (χ0) is 10.4. The van der Waals surface area contributed by atoms with Gasteiger partial charge in [-0.15, -0.1) is 11.8 Å². The Morgan fingerprint density at radius 3 is 2.71 bits per heavy atom. The molecule has 1 rings (SSSR count). The maximum atomic E-state index is 11.0. The average Bonchev–Trinajstić information content (AvgIpc) is 2.19. The predicted octanol–water partition coefficient (Wildman–Crippen LogP) is 1.55. The summed E-state index contributed by atoms with van der Waals surface area (Å²) in [6.45, 7) is 2.01. The van der Waals surface area contributed by atoms with Gasteiger partial charge in [0.25, 0.3) is 0 Å². The maximum Gasteiger partial charge on any atom is 0.234 e. The molecule has 0 bridgehead atoms. The molecule has 76 valence electrons. The van der Waals surface area contributed by atoms with Crippen LogP contribution in [0.1, 0.15) is 13.3 Å². The monoisotopic (exact) mass is 210 g/mol. The molecular weight excluding hydrogens is 196 g/mol. The molecule has 1 unspecified atom stereocenters. The van der Waals surface area contributed by atoms with Crippen LogP contribution in [0.15, 0.2) is 35.2 Å². The number of rotatable bonds is 4. The largest absolute Gasteiger partial charge is 0.294 e. The van der Waals surface area contributed by atoms with Crippen LogP contribution < -0.4 is 11.3 Å². The smallest absolute Gasteiger partial charge is 0.234 e. The molecule has 4 heteroatoms. The van der Waals surface area contributed by atoms with Gasteiger partial charge in [0, 0.05) is 16.6 Å². The number of benzene rings is 1. The van der Waals surface area contributed by atoms with Crippen LogP contribution in [0.25, 0.3) is 0 Å². The van der Waals surface area contributed by atoms with E-state index in [9.17, 15) is 4.79 Å². The lowest BCUT2D eigenvalue weighted by molar-refractivity contribution is -0.121. The maximum absolute atomic E-state index is 11.0. The second kappa shape index (κ2) is 5.67. The van der Waals surface area contributed by atoms with Crippen LogP contribution in [0.2, 0.25) is 0 Å². The summed E-state index contributed by atoms with van der Waals surface area (Å²) in [5.41, 5.74) is 2.13. The molecule has 0 aliphatic rings. The van der Waals surface area contributed by atoms with E-state index in [1.165, 1.54) is 4.90 Å². The highest BCUT2D eigenvalue weighted by atomic mass is 32.2. The standard InChI is InChI=1S/C10H14N2OS/c1-8(7-10(13)12-11)14-9-5-3-2-4-6-9/h2-6,8H,7,11H2,1H3,(H,12,13). The van der Waals surface area contributed by atoms with Crippen LogP contribution in [0, 0.1) is 0 Å². The summed E-state index contributed by atoms with van der Waals surface area (Å²) in [5, 5.41) is 0.237. The van der Waals surface area contributed by atoms with Crippen molar-refractivity contribution in [1.29, 1.82) is 0 Å². The van der Waals surface area contributed by atoms with Crippen molar-refractivity contribution in [2.75, 3.05) is 0 Å². The molecular formula is C10H14N2OS. The minimum atomic E-state index is -0.124. The first kappa shape index (κ1) is 11.1. The molecule has 0 fully saturated rings. The number of carbonyl (C=O) groups is 1. The van der Waals surface area contributed by atoms with Gasteiger partial charge in [0.05, 0.1) is 0 Å². The van der Waals surface area contributed by atoms with Gasteiger partial charge in [0.1, 0.15) is 0 Å². The second-order valence-corrected chi connectivity index (χ2v) is 4.53. The summed E-state index contributed by atoms with van der Waals surface area (Å²) in [6, 6.07) is 10.0. The molecule has 1 aromatic carbocycles. The van der Waals surface area contributed by atoms with Crippen LogP contribution in [0.5, 0.6) is 0 Å². The van der Waals surface area contributed by atoms with Crippen LogP contribution in [-0.2, 0) is 4.79 Å². The topological polar surface area (TPSA) is 55.1 Å². The quantitative estimate of drug-likeness (QED) is 0.343. The number of amides is 1. The van der Waals surface area contributed by atoms with Crippen LogP contribution in [0.3, 0.4) is 0 Å². The van der Waals surface area contributed by atoms with E-state index in [4.69, 9.17) is 5.84 Å². The summed E-state index contributed by atoms with van der Waals surface area (Å²) in [4.78, 5) is 12.1. The summed E-state index contributed by atoms with van der Waals surface area (Å²) in [5.74, 6) is 4.88. The number of hydrogen-bond acceptors (Lipinski definition) is 3. The van der Waals surface area contributed by atoms with Crippen LogP contribution in [-0.4, -0.2) is 11.2 Å². The second-order valence-electron chi connectivity index (χ2n) is 3.01. The Labute approximate surface area is 88.0 Å². The lowest BCUT2D eigenvalue weighted by Crippen LogP contribution is -2.31. The molecule has 3 N–H and O–H groups in total. The SMILES string of the molecule is CC(CC(=O)NN)Sc1ccccc1. The van der Waals surface area contributed by atoms with Gasteiger partial charge in [0.2, 0.25) is 5.91 Å². The van der Waals surface area contributed by atoms with E-state index in [2.05, 4.69) is 5.43 Å². The molecule has 0 aromatic heterocycles. The van der Waals surface area contributed by atoms with Crippen molar-refractivity contribution in [2.24, 2.45) is 5.84 Å². The van der Waals surface area contributed by atoms with Gasteiger partial charge in [-0.1, -0.05) is 25.1 Å². The normalized spacial score (nSPS) is 12.1. The van der Waals surface area contributed by atoms with Gasteiger partial charge in [-0.05, 0) is 12.1 Å². The molecule has 0 saturated heterocycles. The van der Waals surface area contributed by atoms with Gasteiger partial charge >= 0.3 is 0 Å². The summed E-state index contributed by atoms with van der Waals surface area (Å²) >= 11 is 1.67. The third kappa shape index (κ3) is 3.81. The number of hydrazine groups is 1. The minimum absolute atomic E-state index is 0.124. The summed E-state index contributed by atoms with van der Waals surface area (Å²) in [6.07, 6.45) is 0.441. The van der Waals surface area contributed by atoms with Gasteiger partial charge < -0.3 is 0 Å². The van der Waals surface area contributed by atoms with Crippen molar-refractivity contribution in [3.05, 3.63) is 30.3 Å². The third-order valence-corrected chi connectivity index (χ3v) is 2.83. The molecule has 0 aliphatic carbocycles. The van der Waals surface area contributed by atoms with E-state index >= 15 is 0 Å². The van der Waals surface area contributed by atoms with Crippen molar-refractivity contribution in [1.82, 2.24) is 5.43 Å². The first-order valence-corrected chi connectivity index (χ1v) is 5.31. The zero-order valence-electron chi connectivity index (χ0n) is 8.07. The van der Waals surface area contributed by atoms with Crippen molar-refractivity contribution >= 4 is 17.7 Å². The first-order valence-electron chi connectivity index (χ1n) is 4.43. The number of nitrogens with two attached hydrogens (primary N) is 1. The lowest BCUT2D eigenvalue weighted by Gasteiger charge is -2.09. The van der Waals surface area contributed by atoms with Crippen LogP contribution in [0.4, 0.5) is 0 Å².